The number of carbonyl (C=O) groups excluding carboxylic acids is 1. The van der Waals surface area contributed by atoms with Crippen molar-refractivity contribution in [3.63, 3.8) is 0 Å². The lowest BCUT2D eigenvalue weighted by Gasteiger charge is -2.26. The van der Waals surface area contributed by atoms with Crippen LogP contribution in [0.1, 0.15) is 59.4 Å². The van der Waals surface area contributed by atoms with Crippen molar-refractivity contribution < 1.29 is 14.3 Å². The molecule has 0 radical (unpaired) electrons. The molecule has 1 atom stereocenters. The van der Waals surface area contributed by atoms with Crippen LogP contribution in [0.3, 0.4) is 0 Å². The van der Waals surface area contributed by atoms with Crippen LogP contribution >= 0.6 is 0 Å². The zero-order valence-electron chi connectivity index (χ0n) is 18.9. The number of nitrogens with one attached hydrogen (secondary N) is 1. The number of aromatic nitrogens is 2. The molecule has 0 saturated carbocycles. The normalized spacial score (nSPS) is 18.9. The number of hydrogen-bond donors (Lipinski definition) is 1. The molecule has 1 aromatic carbocycles. The van der Waals surface area contributed by atoms with E-state index in [2.05, 4.69) is 16.5 Å². The van der Waals surface area contributed by atoms with Crippen LogP contribution in [0.5, 0.6) is 11.5 Å². The molecule has 31 heavy (non-hydrogen) atoms. The molecule has 7 nitrogen and oxygen atoms in total. The van der Waals surface area contributed by atoms with E-state index in [4.69, 9.17) is 9.47 Å². The molecule has 1 fully saturated rings. The average molecular weight is 427 g/mol. The minimum Gasteiger partial charge on any atom is -0.493 e. The molecule has 1 aromatic heterocycles. The van der Waals surface area contributed by atoms with Crippen LogP contribution in [0, 0.1) is 0 Å². The van der Waals surface area contributed by atoms with Crippen LogP contribution in [0.15, 0.2) is 18.2 Å². The van der Waals surface area contributed by atoms with Crippen molar-refractivity contribution in [3.8, 4) is 11.5 Å². The van der Waals surface area contributed by atoms with E-state index in [0.29, 0.717) is 18.3 Å². The number of amides is 1. The molecule has 4 rings (SSSR count). The number of aryl methyl sites for hydroxylation is 1. The van der Waals surface area contributed by atoms with Gasteiger partial charge in [0.05, 0.1) is 14.2 Å². The third-order valence-corrected chi connectivity index (χ3v) is 6.62. The predicted molar refractivity (Wildman–Crippen MR) is 120 cm³/mol. The van der Waals surface area contributed by atoms with Crippen LogP contribution in [0.2, 0.25) is 0 Å². The number of fused-ring (bicyclic) bond motifs is 1. The first-order chi connectivity index (χ1) is 15.1. The fourth-order valence-corrected chi connectivity index (χ4v) is 4.91. The summed E-state index contributed by atoms with van der Waals surface area (Å²) in [5, 5.41) is 8.33. The first-order valence-electron chi connectivity index (χ1n) is 11.4. The second-order valence-corrected chi connectivity index (χ2v) is 8.58. The number of ether oxygens (including phenoxy) is 2. The summed E-state index contributed by atoms with van der Waals surface area (Å²) in [5.74, 6) is 1.62. The lowest BCUT2D eigenvalue weighted by molar-refractivity contribution is 0.0753. The van der Waals surface area contributed by atoms with Crippen LogP contribution in [0.4, 0.5) is 0 Å². The highest BCUT2D eigenvalue weighted by Gasteiger charge is 2.30. The van der Waals surface area contributed by atoms with E-state index in [1.165, 1.54) is 18.5 Å². The van der Waals surface area contributed by atoms with Crippen molar-refractivity contribution in [2.45, 2.75) is 57.5 Å². The Morgan fingerprint density at radius 2 is 1.94 bits per heavy atom. The summed E-state index contributed by atoms with van der Waals surface area (Å²) in [4.78, 5) is 15.3. The van der Waals surface area contributed by atoms with Crippen molar-refractivity contribution in [2.24, 2.45) is 7.05 Å². The first-order valence-corrected chi connectivity index (χ1v) is 11.4. The minimum atomic E-state index is 0.105. The Labute approximate surface area is 184 Å². The molecular weight excluding hydrogens is 392 g/mol. The molecule has 1 aliphatic carbocycles. The number of nitrogens with zero attached hydrogens (tertiary/aromatic N) is 3. The van der Waals surface area contributed by atoms with Gasteiger partial charge in [-0.25, -0.2) is 0 Å². The number of methoxy groups -OCH3 is 2. The highest BCUT2D eigenvalue weighted by Crippen LogP contribution is 2.31. The fourth-order valence-electron chi connectivity index (χ4n) is 4.91. The molecule has 1 amide bonds. The Morgan fingerprint density at radius 3 is 2.65 bits per heavy atom. The number of carbonyl (C=O) groups is 1. The van der Waals surface area contributed by atoms with Gasteiger partial charge < -0.3 is 19.7 Å². The Bertz CT molecular complexity index is 916. The van der Waals surface area contributed by atoms with Gasteiger partial charge in [-0.3, -0.25) is 9.48 Å². The summed E-state index contributed by atoms with van der Waals surface area (Å²) in [6, 6.07) is 6.24. The van der Waals surface area contributed by atoms with E-state index in [1.54, 1.807) is 14.2 Å². The molecule has 1 aliphatic heterocycles. The summed E-state index contributed by atoms with van der Waals surface area (Å²) >= 11 is 0. The van der Waals surface area contributed by atoms with Gasteiger partial charge in [-0.15, -0.1) is 0 Å². The Kier molecular flexibility index (Phi) is 6.80. The Morgan fingerprint density at radius 1 is 1.16 bits per heavy atom. The smallest absolute Gasteiger partial charge is 0.274 e. The molecule has 168 valence electrons. The molecule has 1 N–H and O–H groups in total. The number of likely N-dealkylation sites (tertiary alicyclic amines) is 1. The molecule has 0 bridgehead atoms. The largest absolute Gasteiger partial charge is 0.493 e. The molecule has 2 aliphatic rings. The van der Waals surface area contributed by atoms with Gasteiger partial charge in [0, 0.05) is 49.5 Å². The number of hydrogen-bond acceptors (Lipinski definition) is 5. The van der Waals surface area contributed by atoms with E-state index < -0.39 is 0 Å². The van der Waals surface area contributed by atoms with Crippen LogP contribution < -0.4 is 14.8 Å². The summed E-state index contributed by atoms with van der Waals surface area (Å²) < 4.78 is 12.9. The highest BCUT2D eigenvalue weighted by atomic mass is 16.5. The molecule has 7 heteroatoms. The minimum absolute atomic E-state index is 0.105. The number of rotatable bonds is 6. The van der Waals surface area contributed by atoms with Crippen molar-refractivity contribution in [2.75, 3.05) is 27.3 Å². The van der Waals surface area contributed by atoms with Crippen LogP contribution in [0.25, 0.3) is 0 Å². The monoisotopic (exact) mass is 426 g/mol. The van der Waals surface area contributed by atoms with Crippen molar-refractivity contribution in [1.29, 1.82) is 0 Å². The summed E-state index contributed by atoms with van der Waals surface area (Å²) in [5.41, 5.74) is 4.05. The van der Waals surface area contributed by atoms with Gasteiger partial charge in [0.25, 0.3) is 5.91 Å². The van der Waals surface area contributed by atoms with E-state index in [9.17, 15) is 4.79 Å². The van der Waals surface area contributed by atoms with Gasteiger partial charge in [0.1, 0.15) is 0 Å². The maximum Gasteiger partial charge on any atom is 0.274 e. The topological polar surface area (TPSA) is 68.6 Å². The molecule has 1 unspecified atom stereocenters. The van der Waals surface area contributed by atoms with Crippen LogP contribution in [-0.2, 0) is 26.4 Å². The highest BCUT2D eigenvalue weighted by molar-refractivity contribution is 5.94. The summed E-state index contributed by atoms with van der Waals surface area (Å²) in [7, 11) is 5.29. The lowest BCUT2D eigenvalue weighted by Crippen LogP contribution is -2.36. The number of benzene rings is 1. The zero-order chi connectivity index (χ0) is 21.8. The van der Waals surface area contributed by atoms with Gasteiger partial charge in [0.2, 0.25) is 0 Å². The predicted octanol–water partition coefficient (Wildman–Crippen LogP) is 3.10. The van der Waals surface area contributed by atoms with Gasteiger partial charge in [-0.2, -0.15) is 5.10 Å². The van der Waals surface area contributed by atoms with E-state index >= 15 is 0 Å². The van der Waals surface area contributed by atoms with E-state index in [0.717, 1.165) is 67.8 Å². The maximum absolute atomic E-state index is 13.3. The quantitative estimate of drug-likeness (QED) is 0.769. The standard InChI is InChI=1S/C24H34N4O3/c1-27-20-12-11-18(25-16-17-9-8-10-21(30-2)23(17)31-3)15-19(20)22(26-27)24(29)28-13-6-4-5-7-14-28/h8-10,18,25H,4-7,11-16H2,1-3H3. The van der Waals surface area contributed by atoms with Gasteiger partial charge in [0.15, 0.2) is 17.2 Å². The maximum atomic E-state index is 13.3. The van der Waals surface area contributed by atoms with Gasteiger partial charge >= 0.3 is 0 Å². The SMILES string of the molecule is COc1cccc(CNC2CCc3c(c(C(=O)N4CCCCCC4)nn3C)C2)c1OC. The third kappa shape index (κ3) is 4.56. The van der Waals surface area contributed by atoms with Gasteiger partial charge in [-0.05, 0) is 38.2 Å². The second kappa shape index (κ2) is 9.73. The zero-order valence-corrected chi connectivity index (χ0v) is 18.9. The Balaban J connectivity index is 1.48. The number of para-hydroxylation sites is 1. The second-order valence-electron chi connectivity index (χ2n) is 8.58. The van der Waals surface area contributed by atoms with E-state index in [-0.39, 0.29) is 5.91 Å². The molecule has 0 spiro atoms. The average Bonchev–Trinajstić information content (AvgIpc) is 2.96. The first kappa shape index (κ1) is 21.7. The van der Waals surface area contributed by atoms with Crippen molar-refractivity contribution in [1.82, 2.24) is 20.0 Å². The van der Waals surface area contributed by atoms with Crippen molar-refractivity contribution in [3.05, 3.63) is 40.7 Å². The lowest BCUT2D eigenvalue weighted by atomic mass is 9.91. The van der Waals surface area contributed by atoms with Crippen LogP contribution in [-0.4, -0.2) is 53.9 Å². The summed E-state index contributed by atoms with van der Waals surface area (Å²) in [6.45, 7) is 2.39. The molecular formula is C24H34N4O3. The van der Waals surface area contributed by atoms with Gasteiger partial charge in [-0.1, -0.05) is 25.0 Å². The van der Waals surface area contributed by atoms with E-state index in [1.807, 2.05) is 28.8 Å². The summed E-state index contributed by atoms with van der Waals surface area (Å²) in [6.07, 6.45) is 7.38. The molecule has 2 heterocycles. The fraction of sp³-hybridized carbons (Fsp3) is 0.583. The Hall–Kier alpha value is -2.54. The molecule has 2 aromatic rings. The molecule has 1 saturated heterocycles. The third-order valence-electron chi connectivity index (χ3n) is 6.62. The van der Waals surface area contributed by atoms with Crippen molar-refractivity contribution >= 4 is 5.91 Å².